The van der Waals surface area contributed by atoms with Crippen LogP contribution < -0.4 is 0 Å². The van der Waals surface area contributed by atoms with Gasteiger partial charge in [0.2, 0.25) is 4.96 Å². The van der Waals surface area contributed by atoms with Gasteiger partial charge in [-0.05, 0) is 22.8 Å². The van der Waals surface area contributed by atoms with Crippen molar-refractivity contribution in [1.29, 1.82) is 0 Å². The standard InChI is InChI=1S/C21H16N4S/c1-2-7-15(8-3-1)13-14-19-22-23-21-25(19)24-20(26-21)18-12-6-10-16-9-4-5-11-17(16)18/h1-12H,13-14H2. The zero-order chi connectivity index (χ0) is 17.3. The van der Waals surface area contributed by atoms with E-state index in [1.807, 2.05) is 10.6 Å². The minimum Gasteiger partial charge on any atom is -0.187 e. The monoisotopic (exact) mass is 356 g/mol. The fourth-order valence-electron chi connectivity index (χ4n) is 3.23. The molecule has 0 aliphatic rings. The van der Waals surface area contributed by atoms with Gasteiger partial charge in [-0.15, -0.1) is 10.2 Å². The molecule has 5 aromatic rings. The van der Waals surface area contributed by atoms with Crippen molar-refractivity contribution in [3.63, 3.8) is 0 Å². The molecule has 3 aromatic carbocycles. The molecule has 4 nitrogen and oxygen atoms in total. The van der Waals surface area contributed by atoms with E-state index >= 15 is 0 Å². The van der Waals surface area contributed by atoms with Gasteiger partial charge in [0, 0.05) is 12.0 Å². The fraction of sp³-hybridized carbons (Fsp3) is 0.0952. The molecule has 0 aliphatic carbocycles. The fourth-order valence-corrected chi connectivity index (χ4v) is 4.13. The van der Waals surface area contributed by atoms with Crippen molar-refractivity contribution in [2.24, 2.45) is 0 Å². The van der Waals surface area contributed by atoms with Crippen LogP contribution >= 0.6 is 11.3 Å². The molecule has 0 saturated heterocycles. The molecule has 0 atom stereocenters. The topological polar surface area (TPSA) is 43.1 Å². The molecule has 0 saturated carbocycles. The third kappa shape index (κ3) is 2.66. The molecular weight excluding hydrogens is 340 g/mol. The summed E-state index contributed by atoms with van der Waals surface area (Å²) in [4.78, 5) is 0.844. The second-order valence-electron chi connectivity index (χ2n) is 6.23. The Morgan fingerprint density at radius 1 is 0.769 bits per heavy atom. The molecule has 0 bridgehead atoms. The summed E-state index contributed by atoms with van der Waals surface area (Å²) in [7, 11) is 0. The first-order valence-corrected chi connectivity index (χ1v) is 9.43. The molecule has 126 valence electrons. The Kier molecular flexibility index (Phi) is 3.72. The normalized spacial score (nSPS) is 11.4. The molecule has 0 spiro atoms. The summed E-state index contributed by atoms with van der Waals surface area (Å²) >= 11 is 1.59. The summed E-state index contributed by atoms with van der Waals surface area (Å²) in [6.07, 6.45) is 1.76. The molecule has 5 rings (SSSR count). The van der Waals surface area contributed by atoms with Crippen molar-refractivity contribution < 1.29 is 0 Å². The molecule has 0 amide bonds. The van der Waals surface area contributed by atoms with Crippen LogP contribution in [0.1, 0.15) is 11.4 Å². The Hall–Kier alpha value is -3.05. The second kappa shape index (κ2) is 6.35. The van der Waals surface area contributed by atoms with Crippen molar-refractivity contribution in [2.45, 2.75) is 12.8 Å². The highest BCUT2D eigenvalue weighted by atomic mass is 32.1. The molecule has 26 heavy (non-hydrogen) atoms. The van der Waals surface area contributed by atoms with E-state index in [-0.39, 0.29) is 0 Å². The van der Waals surface area contributed by atoms with Crippen LogP contribution in [0.2, 0.25) is 0 Å². The van der Waals surface area contributed by atoms with Gasteiger partial charge in [0.15, 0.2) is 5.82 Å². The lowest BCUT2D eigenvalue weighted by Gasteiger charge is -2.02. The van der Waals surface area contributed by atoms with E-state index in [0.717, 1.165) is 34.2 Å². The smallest absolute Gasteiger partial charge is 0.187 e. The van der Waals surface area contributed by atoms with E-state index in [1.165, 1.54) is 16.3 Å². The number of fused-ring (bicyclic) bond motifs is 2. The van der Waals surface area contributed by atoms with Gasteiger partial charge < -0.3 is 0 Å². The number of hydrogen-bond acceptors (Lipinski definition) is 4. The van der Waals surface area contributed by atoms with E-state index in [2.05, 4.69) is 76.9 Å². The highest BCUT2D eigenvalue weighted by Crippen LogP contribution is 2.31. The summed E-state index contributed by atoms with van der Waals surface area (Å²) in [6.45, 7) is 0. The SMILES string of the molecule is c1ccc(CCc2nnc3sc(-c4cccc5ccccc45)nn23)cc1. The van der Waals surface area contributed by atoms with Gasteiger partial charge >= 0.3 is 0 Å². The van der Waals surface area contributed by atoms with Crippen molar-refractivity contribution in [1.82, 2.24) is 19.8 Å². The third-order valence-corrected chi connectivity index (χ3v) is 5.49. The van der Waals surface area contributed by atoms with Crippen LogP contribution in [0, 0.1) is 0 Å². The number of hydrogen-bond donors (Lipinski definition) is 0. The van der Waals surface area contributed by atoms with E-state index in [4.69, 9.17) is 5.10 Å². The Morgan fingerprint density at radius 3 is 2.50 bits per heavy atom. The molecule has 2 aromatic heterocycles. The first-order valence-electron chi connectivity index (χ1n) is 8.62. The summed E-state index contributed by atoms with van der Waals surface area (Å²) in [5, 5.41) is 16.9. The Bertz CT molecular complexity index is 1190. The molecule has 0 N–H and O–H groups in total. The van der Waals surface area contributed by atoms with Gasteiger partial charge in [0.1, 0.15) is 5.01 Å². The number of nitrogens with zero attached hydrogens (tertiary/aromatic N) is 4. The first-order chi connectivity index (χ1) is 12.9. The average molecular weight is 356 g/mol. The summed E-state index contributed by atoms with van der Waals surface area (Å²) < 4.78 is 1.89. The van der Waals surface area contributed by atoms with E-state index < -0.39 is 0 Å². The molecule has 5 heteroatoms. The van der Waals surface area contributed by atoms with E-state index in [9.17, 15) is 0 Å². The van der Waals surface area contributed by atoms with Gasteiger partial charge in [0.05, 0.1) is 0 Å². The number of benzene rings is 3. The third-order valence-electron chi connectivity index (χ3n) is 4.56. The van der Waals surface area contributed by atoms with Crippen molar-refractivity contribution in [3.8, 4) is 10.6 Å². The Morgan fingerprint density at radius 2 is 1.58 bits per heavy atom. The molecule has 0 fully saturated rings. The predicted molar refractivity (Wildman–Crippen MR) is 105 cm³/mol. The maximum Gasteiger partial charge on any atom is 0.234 e. The van der Waals surface area contributed by atoms with Gasteiger partial charge in [-0.1, -0.05) is 84.1 Å². The van der Waals surface area contributed by atoms with Crippen LogP contribution in [0.25, 0.3) is 26.3 Å². The average Bonchev–Trinajstić information content (AvgIpc) is 3.28. The second-order valence-corrected chi connectivity index (χ2v) is 7.19. The van der Waals surface area contributed by atoms with Crippen LogP contribution in [-0.2, 0) is 12.8 Å². The van der Waals surface area contributed by atoms with Crippen LogP contribution in [-0.4, -0.2) is 19.8 Å². The lowest BCUT2D eigenvalue weighted by molar-refractivity contribution is 0.793. The zero-order valence-electron chi connectivity index (χ0n) is 14.0. The highest BCUT2D eigenvalue weighted by molar-refractivity contribution is 7.19. The van der Waals surface area contributed by atoms with Crippen LogP contribution in [0.3, 0.4) is 0 Å². The number of aryl methyl sites for hydroxylation is 2. The minimum absolute atomic E-state index is 0.823. The van der Waals surface area contributed by atoms with Gasteiger partial charge in [-0.2, -0.15) is 9.61 Å². The molecule has 0 unspecified atom stereocenters. The molecule has 0 aliphatic heterocycles. The van der Waals surface area contributed by atoms with Crippen LogP contribution in [0.4, 0.5) is 0 Å². The van der Waals surface area contributed by atoms with Crippen molar-refractivity contribution in [2.75, 3.05) is 0 Å². The zero-order valence-corrected chi connectivity index (χ0v) is 14.9. The lowest BCUT2D eigenvalue weighted by Crippen LogP contribution is -1.99. The van der Waals surface area contributed by atoms with E-state index in [0.29, 0.717) is 0 Å². The Labute approximate surface area is 154 Å². The summed E-state index contributed by atoms with van der Waals surface area (Å²) in [5.41, 5.74) is 2.45. The van der Waals surface area contributed by atoms with Gasteiger partial charge in [-0.25, -0.2) is 0 Å². The predicted octanol–water partition coefficient (Wildman–Crippen LogP) is 4.79. The molecule has 0 radical (unpaired) electrons. The van der Waals surface area contributed by atoms with Crippen LogP contribution in [0.15, 0.2) is 72.8 Å². The quantitative estimate of drug-likeness (QED) is 0.465. The summed E-state index contributed by atoms with van der Waals surface area (Å²) in [5.74, 6) is 0.909. The lowest BCUT2D eigenvalue weighted by atomic mass is 10.1. The molecular formula is C21H16N4S. The number of aromatic nitrogens is 4. The van der Waals surface area contributed by atoms with Gasteiger partial charge in [0.25, 0.3) is 0 Å². The van der Waals surface area contributed by atoms with Crippen molar-refractivity contribution >= 4 is 27.1 Å². The maximum atomic E-state index is 4.82. The Balaban J connectivity index is 1.52. The molecule has 2 heterocycles. The largest absolute Gasteiger partial charge is 0.234 e. The number of rotatable bonds is 4. The maximum absolute atomic E-state index is 4.82. The summed E-state index contributed by atoms with van der Waals surface area (Å²) in [6, 6.07) is 25.2. The highest BCUT2D eigenvalue weighted by Gasteiger charge is 2.14. The van der Waals surface area contributed by atoms with E-state index in [1.54, 1.807) is 11.3 Å². The van der Waals surface area contributed by atoms with Gasteiger partial charge in [-0.3, -0.25) is 0 Å². The van der Waals surface area contributed by atoms with Crippen LogP contribution in [0.5, 0.6) is 0 Å². The first kappa shape index (κ1) is 15.2. The van der Waals surface area contributed by atoms with Crippen molar-refractivity contribution in [3.05, 3.63) is 84.2 Å². The minimum atomic E-state index is 0.823.